The van der Waals surface area contributed by atoms with Crippen molar-refractivity contribution in [3.63, 3.8) is 0 Å². The van der Waals surface area contributed by atoms with Crippen LogP contribution in [0.4, 0.5) is 5.95 Å². The number of H-pyrrole nitrogens is 1. The number of rotatable bonds is 42. The first kappa shape index (κ1) is 85.0. The van der Waals surface area contributed by atoms with E-state index in [1.54, 1.807) is 77.9 Å². The van der Waals surface area contributed by atoms with Crippen LogP contribution >= 0.6 is 0 Å². The molecule has 99 heavy (non-hydrogen) atoms. The number of aromatic nitrogens is 3. The maximum atomic E-state index is 13.4. The van der Waals surface area contributed by atoms with Gasteiger partial charge in [0, 0.05) is 143 Å². The number of amides is 4. The van der Waals surface area contributed by atoms with E-state index in [4.69, 9.17) is 24.7 Å². The van der Waals surface area contributed by atoms with Gasteiger partial charge in [-0.3, -0.25) is 62.8 Å². The van der Waals surface area contributed by atoms with E-state index >= 15 is 0 Å². The van der Waals surface area contributed by atoms with Crippen LogP contribution < -0.4 is 47.2 Å². The number of sulfonamides is 1. The van der Waals surface area contributed by atoms with Gasteiger partial charge >= 0.3 is 23.9 Å². The fraction of sp³-hybridized carbons (Fsp3) is 0.600. The molecule has 4 aromatic rings. The Labute approximate surface area is 578 Å². The minimum atomic E-state index is -4.39. The second-order valence-corrected chi connectivity index (χ2v) is 25.1. The quantitative estimate of drug-likeness (QED) is 0.0271. The second-order valence-electron chi connectivity index (χ2n) is 23.4. The molecule has 2 aromatic carbocycles. The number of unbranched alkanes of at least 4 members (excludes halogenated alkanes) is 1. The van der Waals surface area contributed by atoms with Crippen LogP contribution in [0, 0.1) is 13.8 Å². The Morgan fingerprint density at radius 1 is 0.697 bits per heavy atom. The molecule has 1 saturated heterocycles. The number of nitrogens with zero attached hydrogens (tertiary/aromatic N) is 6. The van der Waals surface area contributed by atoms with Gasteiger partial charge in [0.2, 0.25) is 33.2 Å². The molecule has 13 N–H and O–H groups in total. The first-order valence-corrected chi connectivity index (χ1v) is 34.2. The summed E-state index contributed by atoms with van der Waals surface area (Å²) in [6, 6.07) is 5.66. The van der Waals surface area contributed by atoms with Gasteiger partial charge in [0.15, 0.2) is 5.95 Å². The molecule has 33 nitrogen and oxygen atoms in total. The molecule has 2 atom stereocenters. The van der Waals surface area contributed by atoms with E-state index in [2.05, 4.69) is 41.3 Å². The Balaban J connectivity index is 0.000000512. The number of carboxylic acids is 4. The largest absolute Gasteiger partial charge is 0.494 e. The van der Waals surface area contributed by atoms with Crippen LogP contribution in [0.1, 0.15) is 92.8 Å². The fourth-order valence-corrected chi connectivity index (χ4v) is 12.0. The van der Waals surface area contributed by atoms with Gasteiger partial charge < -0.3 is 81.2 Å². The highest BCUT2D eigenvalue weighted by atomic mass is 32.2. The van der Waals surface area contributed by atoms with Gasteiger partial charge in [0.05, 0.1) is 56.4 Å². The number of aromatic amines is 1. The van der Waals surface area contributed by atoms with E-state index in [-0.39, 0.29) is 119 Å². The molecule has 0 aliphatic carbocycles. The molecule has 3 heterocycles. The SMILES string of the molecule is C.CCCOCCOCCCNC(=O)[C@@H](CCCCN)NC(=O)CN1CCN(CC(=O)O)CCN(CC(=O)O)CCN(CC(=O)O)CC1.COCCCNC(=O)CCCOc1cc(C)c(S(=O)(=O)N[C@@H](CNC(=O)c2cn(C)c3cc(CNc4ncc[nH]4)ccc3c2=O)C(=O)O)c(C)c1. The average Bonchev–Trinajstić information content (AvgIpc) is 0.994. The van der Waals surface area contributed by atoms with Crippen molar-refractivity contribution in [1.29, 1.82) is 0 Å². The van der Waals surface area contributed by atoms with Crippen LogP contribution in [0.2, 0.25) is 0 Å². The molecule has 5 rings (SSSR count). The number of carbonyl (C=O) groups excluding carboxylic acids is 4. The van der Waals surface area contributed by atoms with Crippen molar-refractivity contribution in [3.8, 4) is 5.75 Å². The molecule has 1 aliphatic heterocycles. The van der Waals surface area contributed by atoms with Crippen molar-refractivity contribution in [1.82, 2.24) is 60.1 Å². The van der Waals surface area contributed by atoms with E-state index < -0.39 is 63.9 Å². The van der Waals surface area contributed by atoms with E-state index in [1.807, 2.05) is 11.8 Å². The number of carbonyl (C=O) groups is 8. The van der Waals surface area contributed by atoms with Crippen LogP contribution in [0.25, 0.3) is 10.9 Å². The number of ether oxygens (including phenoxy) is 4. The number of nitrogens with two attached hydrogens (primary N) is 1. The lowest BCUT2D eigenvalue weighted by molar-refractivity contribution is -0.140. The Morgan fingerprint density at radius 2 is 1.27 bits per heavy atom. The highest BCUT2D eigenvalue weighted by Crippen LogP contribution is 2.26. The maximum absolute atomic E-state index is 13.4. The van der Waals surface area contributed by atoms with Crippen LogP contribution in [0.15, 0.2) is 58.6 Å². The van der Waals surface area contributed by atoms with Crippen molar-refractivity contribution in [2.24, 2.45) is 12.8 Å². The van der Waals surface area contributed by atoms with E-state index in [0.29, 0.717) is 139 Å². The standard InChI is InChI=1S/C34H43N7O9S.C30H57N7O10.CH4/c1-21-15-24(50-14-5-7-29(42)35-10-6-13-49-4)16-22(2)31(21)51(47,48)40-27(33(45)46)19-38-32(44)26-20-41(3)28-17-23(8-9-25(28)30(26)43)18-39-34-36-11-12-37-34;1-2-17-46-19-20-47-18-5-8-32-30(45)25(6-3-4-7-31)33-26(38)21-34-9-11-35(22-27(39)40)13-15-37(24-29(43)44)16-14-36(12-10-34)23-28(41)42;/h8-9,11-12,15-17,20,27,40H,5-7,10,13-14,18-19H2,1-4H3,(H,35,42)(H,38,44)(H,45,46)(H2,36,37,39);25H,2-24,31H2,1H3,(H,32,45)(H,33,38)(H,39,40)(H,41,42)(H,43,44);1H4/t27-;25-;/m01./s1. The number of imidazole rings is 1. The highest BCUT2D eigenvalue weighted by molar-refractivity contribution is 7.89. The number of nitrogens with one attached hydrogen (secondary N) is 7. The zero-order valence-corrected chi connectivity index (χ0v) is 57.6. The molecule has 0 bridgehead atoms. The van der Waals surface area contributed by atoms with Crippen molar-refractivity contribution >= 4 is 74.4 Å². The number of pyridine rings is 1. The topological polar surface area (TPSA) is 450 Å². The summed E-state index contributed by atoms with van der Waals surface area (Å²) in [6.45, 7) is 10.7. The molecule has 0 saturated carbocycles. The first-order chi connectivity index (χ1) is 46.8. The Morgan fingerprint density at radius 3 is 1.82 bits per heavy atom. The van der Waals surface area contributed by atoms with Gasteiger partial charge in [0.25, 0.3) is 5.91 Å². The number of hydrogen-bond acceptors (Lipinski definition) is 22. The predicted octanol–water partition coefficient (Wildman–Crippen LogP) is 0.625. The fourth-order valence-electron chi connectivity index (χ4n) is 10.4. The summed E-state index contributed by atoms with van der Waals surface area (Å²) in [5.41, 5.74) is 6.89. The monoisotopic (exact) mass is 1420 g/mol. The third-order valence-corrected chi connectivity index (χ3v) is 17.1. The second kappa shape index (κ2) is 46.2. The van der Waals surface area contributed by atoms with E-state index in [0.717, 1.165) is 12.0 Å². The number of carboxylic acid groups (broad SMARTS) is 4. The lowest BCUT2D eigenvalue weighted by Crippen LogP contribution is -2.52. The van der Waals surface area contributed by atoms with Crippen LogP contribution in [-0.4, -0.2) is 274 Å². The molecule has 2 aromatic heterocycles. The van der Waals surface area contributed by atoms with Gasteiger partial charge in [-0.2, -0.15) is 4.72 Å². The average molecular weight is 1420 g/mol. The van der Waals surface area contributed by atoms with Gasteiger partial charge in [-0.25, -0.2) is 13.4 Å². The number of anilines is 1. The highest BCUT2D eigenvalue weighted by Gasteiger charge is 2.30. The molecule has 34 heteroatoms. The van der Waals surface area contributed by atoms with E-state index in [1.165, 1.54) is 18.3 Å². The van der Waals surface area contributed by atoms with Gasteiger partial charge in [0.1, 0.15) is 23.4 Å². The third kappa shape index (κ3) is 32.6. The van der Waals surface area contributed by atoms with Crippen LogP contribution in [-0.2, 0) is 71.4 Å². The molecule has 554 valence electrons. The summed E-state index contributed by atoms with van der Waals surface area (Å²) >= 11 is 0. The summed E-state index contributed by atoms with van der Waals surface area (Å²) < 4.78 is 52.2. The predicted molar refractivity (Wildman–Crippen MR) is 369 cm³/mol. The minimum absolute atomic E-state index is 0. The Kier molecular flexibility index (Phi) is 39.7. The zero-order chi connectivity index (χ0) is 72.0. The van der Waals surface area contributed by atoms with Gasteiger partial charge in [-0.05, 0) is 106 Å². The molecular formula is C65H104N14O19S. The van der Waals surface area contributed by atoms with Crippen molar-refractivity contribution in [2.75, 3.05) is 157 Å². The molecular weight excluding hydrogens is 1310 g/mol. The lowest BCUT2D eigenvalue weighted by Gasteiger charge is -2.33. The Hall–Kier alpha value is -8.19. The number of fused-ring (bicyclic) bond motifs is 1. The summed E-state index contributed by atoms with van der Waals surface area (Å²) in [5.74, 6) is -5.29. The summed E-state index contributed by atoms with van der Waals surface area (Å²) in [5, 5.41) is 52.3. The lowest BCUT2D eigenvalue weighted by atomic mass is 10.1. The number of hydrogen-bond donors (Lipinski definition) is 12. The minimum Gasteiger partial charge on any atom is -0.494 e. The molecule has 1 fully saturated rings. The summed E-state index contributed by atoms with van der Waals surface area (Å²) in [4.78, 5) is 125. The normalized spacial score (nSPS) is 14.2. The molecule has 0 radical (unpaired) electrons. The maximum Gasteiger partial charge on any atom is 0.323 e. The molecule has 0 unspecified atom stereocenters. The number of methoxy groups -OCH3 is 1. The number of benzene rings is 2. The van der Waals surface area contributed by atoms with Crippen LogP contribution in [0.3, 0.4) is 0 Å². The molecule has 4 amide bonds. The molecule has 1 aliphatic rings. The zero-order valence-electron chi connectivity index (χ0n) is 56.8. The van der Waals surface area contributed by atoms with Crippen molar-refractivity contribution < 1.29 is 86.1 Å². The number of aryl methyl sites for hydroxylation is 3. The van der Waals surface area contributed by atoms with Crippen molar-refractivity contribution in [3.05, 3.63) is 81.4 Å². The van der Waals surface area contributed by atoms with E-state index in [9.17, 15) is 72.0 Å². The molecule has 0 spiro atoms. The number of aliphatic carboxylic acids is 4. The van der Waals surface area contributed by atoms with Crippen LogP contribution in [0.5, 0.6) is 5.75 Å². The Bertz CT molecular complexity index is 3300. The van der Waals surface area contributed by atoms with Gasteiger partial charge in [-0.1, -0.05) is 20.4 Å². The smallest absolute Gasteiger partial charge is 0.323 e. The summed E-state index contributed by atoms with van der Waals surface area (Å²) in [6.07, 6.45) is 9.36. The van der Waals surface area contributed by atoms with Crippen molar-refractivity contribution in [2.45, 2.75) is 103 Å². The first-order valence-electron chi connectivity index (χ1n) is 32.7. The third-order valence-electron chi connectivity index (χ3n) is 15.3. The summed E-state index contributed by atoms with van der Waals surface area (Å²) in [7, 11) is -1.13. The van der Waals surface area contributed by atoms with Gasteiger partial charge in [-0.15, -0.1) is 0 Å².